The van der Waals surface area contributed by atoms with Crippen molar-refractivity contribution in [3.63, 3.8) is 0 Å². The average Bonchev–Trinajstić information content (AvgIpc) is 2.67. The SMILES string of the molecule is O=C(O)c1ncsc1-c1cccnc1Cl. The summed E-state index contributed by atoms with van der Waals surface area (Å²) >= 11 is 7.10. The van der Waals surface area contributed by atoms with Gasteiger partial charge in [-0.1, -0.05) is 11.6 Å². The number of pyridine rings is 1. The molecule has 2 aromatic heterocycles. The normalized spacial score (nSPS) is 10.2. The molecule has 2 rings (SSSR count). The second-order valence-electron chi connectivity index (χ2n) is 2.68. The number of halogens is 1. The maximum absolute atomic E-state index is 10.8. The fraction of sp³-hybridized carbons (Fsp3) is 0. The van der Waals surface area contributed by atoms with Crippen molar-refractivity contribution in [2.45, 2.75) is 0 Å². The maximum atomic E-state index is 10.8. The van der Waals surface area contributed by atoms with Crippen LogP contribution < -0.4 is 0 Å². The first-order valence-electron chi connectivity index (χ1n) is 3.98. The molecular weight excluding hydrogens is 236 g/mol. The van der Waals surface area contributed by atoms with Gasteiger partial charge in [-0.05, 0) is 12.1 Å². The van der Waals surface area contributed by atoms with Gasteiger partial charge < -0.3 is 5.11 Å². The third kappa shape index (κ3) is 1.84. The van der Waals surface area contributed by atoms with E-state index < -0.39 is 5.97 Å². The number of carboxylic acid groups (broad SMARTS) is 1. The molecule has 2 aromatic rings. The summed E-state index contributed by atoms with van der Waals surface area (Å²) in [5, 5.41) is 9.17. The number of thiazole rings is 1. The number of aromatic carboxylic acids is 1. The lowest BCUT2D eigenvalue weighted by Crippen LogP contribution is -1.98. The predicted octanol–water partition coefficient (Wildman–Crippen LogP) is 2.56. The molecule has 0 aromatic carbocycles. The largest absolute Gasteiger partial charge is 0.476 e. The molecular formula is C9H5ClN2O2S. The lowest BCUT2D eigenvalue weighted by Gasteiger charge is -2.00. The summed E-state index contributed by atoms with van der Waals surface area (Å²) in [4.78, 5) is 19.0. The van der Waals surface area contributed by atoms with E-state index in [1.54, 1.807) is 18.3 Å². The number of hydrogen-bond acceptors (Lipinski definition) is 4. The summed E-state index contributed by atoms with van der Waals surface area (Å²) in [6.45, 7) is 0. The van der Waals surface area contributed by atoms with E-state index in [0.29, 0.717) is 10.4 Å². The van der Waals surface area contributed by atoms with Crippen LogP contribution in [0, 0.1) is 0 Å². The second kappa shape index (κ2) is 3.96. The monoisotopic (exact) mass is 240 g/mol. The Labute approximate surface area is 94.2 Å². The van der Waals surface area contributed by atoms with E-state index in [1.807, 2.05) is 0 Å². The average molecular weight is 241 g/mol. The Kier molecular flexibility index (Phi) is 2.66. The molecule has 0 radical (unpaired) electrons. The first-order valence-corrected chi connectivity index (χ1v) is 5.23. The van der Waals surface area contributed by atoms with Crippen LogP contribution in [0.3, 0.4) is 0 Å². The van der Waals surface area contributed by atoms with Crippen LogP contribution in [0.25, 0.3) is 10.4 Å². The molecule has 76 valence electrons. The molecule has 0 atom stereocenters. The maximum Gasteiger partial charge on any atom is 0.356 e. The molecule has 0 unspecified atom stereocenters. The highest BCUT2D eigenvalue weighted by atomic mass is 35.5. The van der Waals surface area contributed by atoms with Gasteiger partial charge in [0.1, 0.15) is 5.15 Å². The first-order chi connectivity index (χ1) is 7.20. The van der Waals surface area contributed by atoms with Crippen LogP contribution in [0.2, 0.25) is 5.15 Å². The molecule has 15 heavy (non-hydrogen) atoms. The highest BCUT2D eigenvalue weighted by molar-refractivity contribution is 7.13. The van der Waals surface area contributed by atoms with Crippen molar-refractivity contribution in [1.29, 1.82) is 0 Å². The number of carboxylic acids is 1. The summed E-state index contributed by atoms with van der Waals surface area (Å²) < 4.78 is 0. The van der Waals surface area contributed by atoms with Crippen molar-refractivity contribution in [3.8, 4) is 10.4 Å². The lowest BCUT2D eigenvalue weighted by atomic mass is 10.2. The summed E-state index contributed by atoms with van der Waals surface area (Å²) in [5.41, 5.74) is 2.08. The lowest BCUT2D eigenvalue weighted by molar-refractivity contribution is 0.0692. The third-order valence-electron chi connectivity index (χ3n) is 1.77. The van der Waals surface area contributed by atoms with Gasteiger partial charge in [0.15, 0.2) is 5.69 Å². The molecule has 6 heteroatoms. The van der Waals surface area contributed by atoms with Gasteiger partial charge in [-0.2, -0.15) is 0 Å². The molecule has 4 nitrogen and oxygen atoms in total. The number of nitrogens with zero attached hydrogens (tertiary/aromatic N) is 2. The number of rotatable bonds is 2. The molecule has 0 spiro atoms. The Bertz CT molecular complexity index is 512. The molecule has 2 heterocycles. The molecule has 0 aliphatic carbocycles. The quantitative estimate of drug-likeness (QED) is 0.820. The molecule has 0 saturated heterocycles. The van der Waals surface area contributed by atoms with E-state index in [4.69, 9.17) is 16.7 Å². The fourth-order valence-corrected chi connectivity index (χ4v) is 2.22. The Balaban J connectivity index is 2.59. The van der Waals surface area contributed by atoms with E-state index >= 15 is 0 Å². The van der Waals surface area contributed by atoms with Crippen molar-refractivity contribution in [2.75, 3.05) is 0 Å². The van der Waals surface area contributed by atoms with Gasteiger partial charge >= 0.3 is 5.97 Å². The van der Waals surface area contributed by atoms with Crippen LogP contribution in [0.15, 0.2) is 23.8 Å². The Morgan fingerprint density at radius 1 is 1.47 bits per heavy atom. The summed E-state index contributed by atoms with van der Waals surface area (Å²) in [6, 6.07) is 3.42. The van der Waals surface area contributed by atoms with E-state index in [0.717, 1.165) is 0 Å². The Morgan fingerprint density at radius 2 is 2.27 bits per heavy atom. The zero-order valence-electron chi connectivity index (χ0n) is 7.35. The van der Waals surface area contributed by atoms with Crippen LogP contribution in [-0.4, -0.2) is 21.0 Å². The molecule has 0 bridgehead atoms. The molecule has 1 N–H and O–H groups in total. The van der Waals surface area contributed by atoms with Gasteiger partial charge in [-0.3, -0.25) is 0 Å². The molecule has 0 saturated carbocycles. The van der Waals surface area contributed by atoms with Gasteiger partial charge in [0.05, 0.1) is 10.4 Å². The standard InChI is InChI=1S/C9H5ClN2O2S/c10-8-5(2-1-3-11-8)7-6(9(13)14)12-4-15-7/h1-4H,(H,13,14). The number of aromatic nitrogens is 2. The van der Waals surface area contributed by atoms with E-state index in [1.165, 1.54) is 16.8 Å². The Hall–Kier alpha value is -1.46. The van der Waals surface area contributed by atoms with Gasteiger partial charge in [0, 0.05) is 11.8 Å². The topological polar surface area (TPSA) is 63.1 Å². The fourth-order valence-electron chi connectivity index (χ4n) is 1.14. The van der Waals surface area contributed by atoms with Crippen molar-refractivity contribution >= 4 is 28.9 Å². The van der Waals surface area contributed by atoms with E-state index in [-0.39, 0.29) is 10.8 Å². The van der Waals surface area contributed by atoms with Crippen LogP contribution >= 0.6 is 22.9 Å². The van der Waals surface area contributed by atoms with Gasteiger partial charge in [-0.25, -0.2) is 14.8 Å². The zero-order valence-corrected chi connectivity index (χ0v) is 8.92. The van der Waals surface area contributed by atoms with Crippen LogP contribution in [0.5, 0.6) is 0 Å². The third-order valence-corrected chi connectivity index (χ3v) is 2.93. The minimum Gasteiger partial charge on any atom is -0.476 e. The summed E-state index contributed by atoms with van der Waals surface area (Å²) in [6.07, 6.45) is 1.55. The van der Waals surface area contributed by atoms with Crippen LogP contribution in [0.1, 0.15) is 10.5 Å². The van der Waals surface area contributed by atoms with Crippen LogP contribution in [0.4, 0.5) is 0 Å². The molecule has 0 amide bonds. The highest BCUT2D eigenvalue weighted by Gasteiger charge is 2.17. The summed E-state index contributed by atoms with van der Waals surface area (Å²) in [5.74, 6) is -1.06. The number of carbonyl (C=O) groups is 1. The molecule has 0 aliphatic heterocycles. The van der Waals surface area contributed by atoms with Crippen LogP contribution in [-0.2, 0) is 0 Å². The van der Waals surface area contributed by atoms with Gasteiger partial charge in [0.2, 0.25) is 0 Å². The smallest absolute Gasteiger partial charge is 0.356 e. The van der Waals surface area contributed by atoms with Gasteiger partial charge in [0.25, 0.3) is 0 Å². The molecule has 0 aliphatic rings. The predicted molar refractivity (Wildman–Crippen MR) is 57.3 cm³/mol. The zero-order chi connectivity index (χ0) is 10.8. The van der Waals surface area contributed by atoms with Crippen molar-refractivity contribution in [2.24, 2.45) is 0 Å². The highest BCUT2D eigenvalue weighted by Crippen LogP contribution is 2.31. The number of hydrogen-bond donors (Lipinski definition) is 1. The minimum atomic E-state index is -1.06. The minimum absolute atomic E-state index is 0.00917. The Morgan fingerprint density at radius 3 is 2.93 bits per heavy atom. The van der Waals surface area contributed by atoms with E-state index in [2.05, 4.69) is 9.97 Å². The van der Waals surface area contributed by atoms with Crippen molar-refractivity contribution < 1.29 is 9.90 Å². The second-order valence-corrected chi connectivity index (χ2v) is 3.89. The van der Waals surface area contributed by atoms with E-state index in [9.17, 15) is 4.79 Å². The first kappa shape index (κ1) is 10.1. The molecule has 0 fully saturated rings. The van der Waals surface area contributed by atoms with Crippen molar-refractivity contribution in [3.05, 3.63) is 34.7 Å². The van der Waals surface area contributed by atoms with Crippen molar-refractivity contribution in [1.82, 2.24) is 9.97 Å². The van der Waals surface area contributed by atoms with Gasteiger partial charge in [-0.15, -0.1) is 11.3 Å². The summed E-state index contributed by atoms with van der Waals surface area (Å²) in [7, 11) is 0.